The normalized spacial score (nSPS) is 22.2. The van der Waals surface area contributed by atoms with Crippen molar-refractivity contribution in [1.29, 1.82) is 0 Å². The number of ether oxygens (including phenoxy) is 1. The van der Waals surface area contributed by atoms with Crippen LogP contribution in [0.5, 0.6) is 0 Å². The molecule has 5 heteroatoms. The van der Waals surface area contributed by atoms with Crippen molar-refractivity contribution < 1.29 is 4.74 Å². The van der Waals surface area contributed by atoms with Gasteiger partial charge in [-0.3, -0.25) is 0 Å². The molecule has 2 heterocycles. The number of aromatic nitrogens is 2. The van der Waals surface area contributed by atoms with Gasteiger partial charge < -0.3 is 10.5 Å². The van der Waals surface area contributed by atoms with Crippen LogP contribution in [0.4, 0.5) is 5.82 Å². The van der Waals surface area contributed by atoms with Crippen molar-refractivity contribution in [3.05, 3.63) is 16.2 Å². The lowest BCUT2D eigenvalue weighted by molar-refractivity contribution is 0.0790. The lowest BCUT2D eigenvalue weighted by Gasteiger charge is -2.21. The Morgan fingerprint density at radius 2 is 2.36 bits per heavy atom. The van der Waals surface area contributed by atoms with Crippen LogP contribution in [0.1, 0.15) is 24.5 Å². The fourth-order valence-corrected chi connectivity index (χ4v) is 1.88. The van der Waals surface area contributed by atoms with Crippen molar-refractivity contribution in [3.63, 3.8) is 0 Å². The molecule has 2 rings (SSSR count). The minimum atomic E-state index is 0.369. The highest BCUT2D eigenvalue weighted by atomic mass is 79.9. The van der Waals surface area contributed by atoms with E-state index in [1.165, 1.54) is 0 Å². The molecule has 0 bridgehead atoms. The monoisotopic (exact) mass is 257 g/mol. The smallest absolute Gasteiger partial charge is 0.160 e. The molecule has 1 unspecified atom stereocenters. The topological polar surface area (TPSA) is 61.0 Å². The average molecular weight is 258 g/mol. The molecule has 0 aliphatic carbocycles. The van der Waals surface area contributed by atoms with E-state index in [-0.39, 0.29) is 0 Å². The molecule has 1 aromatic heterocycles. The number of rotatable bonds is 1. The zero-order valence-electron chi connectivity index (χ0n) is 7.74. The van der Waals surface area contributed by atoms with Gasteiger partial charge in [0.15, 0.2) is 5.82 Å². The van der Waals surface area contributed by atoms with Crippen molar-refractivity contribution in [3.8, 4) is 0 Å². The van der Waals surface area contributed by atoms with Gasteiger partial charge in [0.2, 0.25) is 0 Å². The third-order valence-electron chi connectivity index (χ3n) is 2.37. The maximum atomic E-state index is 5.57. The highest BCUT2D eigenvalue weighted by molar-refractivity contribution is 9.10. The van der Waals surface area contributed by atoms with E-state index in [9.17, 15) is 0 Å². The summed E-state index contributed by atoms with van der Waals surface area (Å²) in [6.45, 7) is 1.60. The molecular formula is C9H12BrN3O. The number of nitrogens with two attached hydrogens (primary N) is 1. The van der Waals surface area contributed by atoms with Crippen LogP contribution in [-0.4, -0.2) is 23.4 Å². The fourth-order valence-electron chi connectivity index (χ4n) is 1.57. The Kier molecular flexibility index (Phi) is 2.98. The third-order valence-corrected chi connectivity index (χ3v) is 3.01. The van der Waals surface area contributed by atoms with E-state index < -0.39 is 0 Å². The SMILES string of the molecule is Nc1nnc(C2CCCOC2)cc1Br. The molecule has 0 amide bonds. The zero-order valence-corrected chi connectivity index (χ0v) is 9.33. The van der Waals surface area contributed by atoms with Gasteiger partial charge in [-0.05, 0) is 34.8 Å². The van der Waals surface area contributed by atoms with Crippen molar-refractivity contribution in [2.45, 2.75) is 18.8 Å². The number of nitrogen functional groups attached to an aromatic ring is 1. The quantitative estimate of drug-likeness (QED) is 0.833. The van der Waals surface area contributed by atoms with E-state index >= 15 is 0 Å². The molecule has 1 saturated heterocycles. The second-order valence-electron chi connectivity index (χ2n) is 3.42. The lowest BCUT2D eigenvalue weighted by atomic mass is 9.98. The first-order valence-electron chi connectivity index (χ1n) is 4.63. The first-order valence-corrected chi connectivity index (χ1v) is 5.43. The second-order valence-corrected chi connectivity index (χ2v) is 4.27. The Hall–Kier alpha value is -0.680. The van der Waals surface area contributed by atoms with E-state index in [1.54, 1.807) is 0 Å². The summed E-state index contributed by atoms with van der Waals surface area (Å²) in [4.78, 5) is 0. The van der Waals surface area contributed by atoms with Crippen LogP contribution in [0, 0.1) is 0 Å². The van der Waals surface area contributed by atoms with E-state index in [0.717, 1.165) is 36.2 Å². The number of hydrogen-bond donors (Lipinski definition) is 1. The second kappa shape index (κ2) is 4.23. The van der Waals surface area contributed by atoms with E-state index in [0.29, 0.717) is 11.7 Å². The summed E-state index contributed by atoms with van der Waals surface area (Å²) >= 11 is 3.34. The third kappa shape index (κ3) is 2.04. The summed E-state index contributed by atoms with van der Waals surface area (Å²) in [5.41, 5.74) is 6.53. The predicted molar refractivity (Wildman–Crippen MR) is 56.9 cm³/mol. The molecule has 1 fully saturated rings. The van der Waals surface area contributed by atoms with E-state index in [1.807, 2.05) is 6.07 Å². The van der Waals surface area contributed by atoms with Crippen molar-refractivity contribution in [1.82, 2.24) is 10.2 Å². The number of nitrogens with zero attached hydrogens (tertiary/aromatic N) is 2. The van der Waals surface area contributed by atoms with Gasteiger partial charge in [-0.2, -0.15) is 5.10 Å². The summed E-state index contributed by atoms with van der Waals surface area (Å²) in [5.74, 6) is 0.804. The van der Waals surface area contributed by atoms with Gasteiger partial charge >= 0.3 is 0 Å². The van der Waals surface area contributed by atoms with E-state index in [4.69, 9.17) is 10.5 Å². The van der Waals surface area contributed by atoms with Gasteiger partial charge in [0.25, 0.3) is 0 Å². The van der Waals surface area contributed by atoms with Gasteiger partial charge in [0.1, 0.15) is 0 Å². The van der Waals surface area contributed by atoms with Gasteiger partial charge in [0.05, 0.1) is 16.8 Å². The standard InChI is InChI=1S/C9H12BrN3O/c10-7-4-8(12-13-9(7)11)6-2-1-3-14-5-6/h4,6H,1-3,5H2,(H2,11,13). The largest absolute Gasteiger partial charge is 0.381 e. The summed E-state index contributed by atoms with van der Waals surface area (Å²) in [5, 5.41) is 7.96. The first-order chi connectivity index (χ1) is 6.77. The summed E-state index contributed by atoms with van der Waals surface area (Å²) in [7, 11) is 0. The zero-order chi connectivity index (χ0) is 9.97. The van der Waals surface area contributed by atoms with Crippen molar-refractivity contribution >= 4 is 21.7 Å². The van der Waals surface area contributed by atoms with Gasteiger partial charge in [-0.25, -0.2) is 0 Å². The lowest BCUT2D eigenvalue weighted by Crippen LogP contribution is -2.17. The van der Waals surface area contributed by atoms with Crippen LogP contribution in [0.15, 0.2) is 10.5 Å². The molecule has 14 heavy (non-hydrogen) atoms. The average Bonchev–Trinajstić information content (AvgIpc) is 2.23. The molecule has 1 aromatic rings. The molecular weight excluding hydrogens is 246 g/mol. The molecule has 0 aromatic carbocycles. The van der Waals surface area contributed by atoms with Crippen LogP contribution < -0.4 is 5.73 Å². The minimum absolute atomic E-state index is 0.369. The van der Waals surface area contributed by atoms with Gasteiger partial charge in [-0.1, -0.05) is 0 Å². The Labute approximate surface area is 91.0 Å². The van der Waals surface area contributed by atoms with Crippen LogP contribution in [0.3, 0.4) is 0 Å². The Bertz CT molecular complexity index is 326. The highest BCUT2D eigenvalue weighted by Crippen LogP contribution is 2.26. The Morgan fingerprint density at radius 1 is 1.50 bits per heavy atom. The molecule has 0 spiro atoms. The molecule has 0 radical (unpaired) electrons. The molecule has 0 saturated carbocycles. The van der Waals surface area contributed by atoms with Crippen LogP contribution in [-0.2, 0) is 4.74 Å². The summed E-state index contributed by atoms with van der Waals surface area (Å²) in [6.07, 6.45) is 2.21. The van der Waals surface area contributed by atoms with E-state index in [2.05, 4.69) is 26.1 Å². The molecule has 4 nitrogen and oxygen atoms in total. The molecule has 1 atom stereocenters. The number of halogens is 1. The highest BCUT2D eigenvalue weighted by Gasteiger charge is 2.18. The maximum absolute atomic E-state index is 5.57. The predicted octanol–water partition coefficient (Wildman–Crippen LogP) is 1.72. The maximum Gasteiger partial charge on any atom is 0.160 e. The summed E-state index contributed by atoms with van der Waals surface area (Å²) in [6, 6.07) is 1.93. The minimum Gasteiger partial charge on any atom is -0.381 e. The molecule has 1 aliphatic heterocycles. The number of hydrogen-bond acceptors (Lipinski definition) is 4. The van der Waals surface area contributed by atoms with Crippen LogP contribution >= 0.6 is 15.9 Å². The Morgan fingerprint density at radius 3 is 3.00 bits per heavy atom. The van der Waals surface area contributed by atoms with Gasteiger partial charge in [-0.15, -0.1) is 5.10 Å². The van der Waals surface area contributed by atoms with Crippen molar-refractivity contribution in [2.24, 2.45) is 0 Å². The van der Waals surface area contributed by atoms with Crippen LogP contribution in [0.2, 0.25) is 0 Å². The summed E-state index contributed by atoms with van der Waals surface area (Å²) < 4.78 is 6.21. The van der Waals surface area contributed by atoms with Crippen LogP contribution in [0.25, 0.3) is 0 Å². The Balaban J connectivity index is 2.18. The molecule has 76 valence electrons. The van der Waals surface area contributed by atoms with Crippen molar-refractivity contribution in [2.75, 3.05) is 18.9 Å². The first kappa shape index (κ1) is 9.86. The van der Waals surface area contributed by atoms with Gasteiger partial charge in [0, 0.05) is 12.5 Å². The molecule has 2 N–H and O–H groups in total. The molecule has 1 aliphatic rings. The fraction of sp³-hybridized carbons (Fsp3) is 0.556. The number of anilines is 1.